The lowest BCUT2D eigenvalue weighted by atomic mass is 10.2. The number of anilines is 1. The van der Waals surface area contributed by atoms with Crippen molar-refractivity contribution < 1.29 is 14.6 Å². The first-order chi connectivity index (χ1) is 9.20. The molecule has 1 saturated heterocycles. The van der Waals surface area contributed by atoms with Crippen LogP contribution in [-0.4, -0.2) is 41.7 Å². The topological polar surface area (TPSA) is 75.8 Å². The van der Waals surface area contributed by atoms with Crippen molar-refractivity contribution in [1.29, 1.82) is 0 Å². The van der Waals surface area contributed by atoms with Crippen molar-refractivity contribution in [3.63, 3.8) is 0 Å². The average Bonchev–Trinajstić information content (AvgIpc) is 2.87. The number of nitrogens with two attached hydrogens (primary N) is 1. The van der Waals surface area contributed by atoms with Crippen molar-refractivity contribution in [3.8, 4) is 5.75 Å². The number of ether oxygens (including phenoxy) is 1. The number of amides is 1. The largest absolute Gasteiger partial charge is 0.493 e. The summed E-state index contributed by atoms with van der Waals surface area (Å²) >= 11 is 0. The molecule has 0 bridgehead atoms. The van der Waals surface area contributed by atoms with Crippen molar-refractivity contribution in [1.82, 2.24) is 4.90 Å². The zero-order valence-corrected chi connectivity index (χ0v) is 10.9. The lowest BCUT2D eigenvalue weighted by Gasteiger charge is -2.23. The van der Waals surface area contributed by atoms with Gasteiger partial charge in [0.15, 0.2) is 0 Å². The van der Waals surface area contributed by atoms with Gasteiger partial charge in [0, 0.05) is 18.3 Å². The molecule has 0 radical (unpaired) electrons. The molecule has 0 spiro atoms. The number of hydrogen-bond acceptors (Lipinski definition) is 4. The Kier molecular flexibility index (Phi) is 4.63. The van der Waals surface area contributed by atoms with Gasteiger partial charge in [0.25, 0.3) is 0 Å². The maximum Gasteiger partial charge on any atom is 0.226 e. The number of aliphatic hydroxyl groups excluding tert-OH is 1. The van der Waals surface area contributed by atoms with Gasteiger partial charge in [-0.15, -0.1) is 0 Å². The first-order valence-corrected chi connectivity index (χ1v) is 6.59. The molecule has 1 aromatic rings. The summed E-state index contributed by atoms with van der Waals surface area (Å²) in [6.07, 6.45) is 2.18. The summed E-state index contributed by atoms with van der Waals surface area (Å²) in [5.41, 5.74) is 6.29. The molecule has 1 fully saturated rings. The third-order valence-electron chi connectivity index (χ3n) is 3.35. The quantitative estimate of drug-likeness (QED) is 0.779. The minimum Gasteiger partial charge on any atom is -0.493 e. The SMILES string of the molecule is Nc1cccc(OCCC(=O)N2CCC[C@@H]2CO)c1. The van der Waals surface area contributed by atoms with Gasteiger partial charge < -0.3 is 20.5 Å². The molecule has 1 aliphatic rings. The molecular weight excluding hydrogens is 244 g/mol. The summed E-state index contributed by atoms with van der Waals surface area (Å²) in [5.74, 6) is 0.716. The lowest BCUT2D eigenvalue weighted by Crippen LogP contribution is -2.38. The fourth-order valence-electron chi connectivity index (χ4n) is 2.36. The van der Waals surface area contributed by atoms with Crippen LogP contribution in [0.2, 0.25) is 0 Å². The first kappa shape index (κ1) is 13.7. The molecule has 104 valence electrons. The summed E-state index contributed by atoms with van der Waals surface area (Å²) < 4.78 is 5.50. The van der Waals surface area contributed by atoms with Crippen LogP contribution in [0.15, 0.2) is 24.3 Å². The van der Waals surface area contributed by atoms with E-state index in [0.717, 1.165) is 19.4 Å². The number of nitrogens with zero attached hydrogens (tertiary/aromatic N) is 1. The van der Waals surface area contributed by atoms with Crippen molar-refractivity contribution in [2.45, 2.75) is 25.3 Å². The smallest absolute Gasteiger partial charge is 0.226 e. The Morgan fingerprint density at radius 2 is 2.37 bits per heavy atom. The van der Waals surface area contributed by atoms with E-state index in [0.29, 0.717) is 24.5 Å². The van der Waals surface area contributed by atoms with Gasteiger partial charge in [0.05, 0.1) is 25.7 Å². The number of rotatable bonds is 5. The van der Waals surface area contributed by atoms with Crippen molar-refractivity contribution in [2.24, 2.45) is 0 Å². The second kappa shape index (κ2) is 6.43. The molecule has 1 amide bonds. The van der Waals surface area contributed by atoms with Gasteiger partial charge in [-0.1, -0.05) is 6.07 Å². The van der Waals surface area contributed by atoms with Crippen LogP contribution in [0.3, 0.4) is 0 Å². The van der Waals surface area contributed by atoms with E-state index in [4.69, 9.17) is 10.5 Å². The molecule has 0 unspecified atom stereocenters. The molecule has 5 heteroatoms. The molecule has 19 heavy (non-hydrogen) atoms. The van der Waals surface area contributed by atoms with E-state index in [1.807, 2.05) is 12.1 Å². The van der Waals surface area contributed by atoms with E-state index in [1.165, 1.54) is 0 Å². The first-order valence-electron chi connectivity index (χ1n) is 6.59. The molecule has 1 heterocycles. The minimum atomic E-state index is -0.0140. The van der Waals surface area contributed by atoms with Gasteiger partial charge in [0.1, 0.15) is 5.75 Å². The van der Waals surface area contributed by atoms with Crippen LogP contribution in [0, 0.1) is 0 Å². The maximum absolute atomic E-state index is 12.0. The van der Waals surface area contributed by atoms with E-state index >= 15 is 0 Å². The number of likely N-dealkylation sites (tertiary alicyclic amines) is 1. The number of hydrogen-bond donors (Lipinski definition) is 2. The lowest BCUT2D eigenvalue weighted by molar-refractivity contribution is -0.133. The van der Waals surface area contributed by atoms with Crippen LogP contribution in [0.1, 0.15) is 19.3 Å². The average molecular weight is 264 g/mol. The van der Waals surface area contributed by atoms with Crippen LogP contribution < -0.4 is 10.5 Å². The van der Waals surface area contributed by atoms with E-state index < -0.39 is 0 Å². The monoisotopic (exact) mass is 264 g/mol. The number of nitrogen functional groups attached to an aromatic ring is 1. The zero-order chi connectivity index (χ0) is 13.7. The predicted octanol–water partition coefficient (Wildman–Crippen LogP) is 1.02. The predicted molar refractivity (Wildman–Crippen MR) is 72.8 cm³/mol. The molecule has 1 atom stereocenters. The van der Waals surface area contributed by atoms with E-state index in [2.05, 4.69) is 0 Å². The van der Waals surface area contributed by atoms with Crippen molar-refractivity contribution >= 4 is 11.6 Å². The van der Waals surface area contributed by atoms with E-state index in [9.17, 15) is 9.90 Å². The highest BCUT2D eigenvalue weighted by Crippen LogP contribution is 2.18. The molecule has 3 N–H and O–H groups in total. The molecule has 1 aliphatic heterocycles. The van der Waals surface area contributed by atoms with Crippen molar-refractivity contribution in [2.75, 3.05) is 25.5 Å². The Hall–Kier alpha value is -1.75. The standard InChI is InChI=1S/C14H20N2O3/c15-11-3-1-5-13(9-11)19-8-6-14(18)16-7-2-4-12(16)10-17/h1,3,5,9,12,17H,2,4,6-8,10,15H2/t12-/m1/s1. The fourth-order valence-corrected chi connectivity index (χ4v) is 2.36. The molecule has 5 nitrogen and oxygen atoms in total. The summed E-state index contributed by atoms with van der Waals surface area (Å²) in [7, 11) is 0. The van der Waals surface area contributed by atoms with Gasteiger partial charge in [-0.25, -0.2) is 0 Å². The minimum absolute atomic E-state index is 0.0140. The summed E-state index contributed by atoms with van der Waals surface area (Å²) in [5, 5.41) is 9.18. The van der Waals surface area contributed by atoms with Gasteiger partial charge in [-0.3, -0.25) is 4.79 Å². The van der Waals surface area contributed by atoms with Crippen LogP contribution in [0.5, 0.6) is 5.75 Å². The molecule has 2 rings (SSSR count). The van der Waals surface area contributed by atoms with Gasteiger partial charge in [0.2, 0.25) is 5.91 Å². The van der Waals surface area contributed by atoms with Gasteiger partial charge >= 0.3 is 0 Å². The van der Waals surface area contributed by atoms with Crippen LogP contribution in [0.25, 0.3) is 0 Å². The molecular formula is C14H20N2O3. The van der Waals surface area contributed by atoms with E-state index in [1.54, 1.807) is 17.0 Å². The second-order valence-electron chi connectivity index (χ2n) is 4.74. The van der Waals surface area contributed by atoms with Crippen LogP contribution in [0.4, 0.5) is 5.69 Å². The summed E-state index contributed by atoms with van der Waals surface area (Å²) in [6.45, 7) is 1.11. The highest BCUT2D eigenvalue weighted by molar-refractivity contribution is 5.77. The van der Waals surface area contributed by atoms with Gasteiger partial charge in [-0.2, -0.15) is 0 Å². The third-order valence-corrected chi connectivity index (χ3v) is 3.35. The highest BCUT2D eigenvalue weighted by atomic mass is 16.5. The Bertz CT molecular complexity index is 436. The molecule has 1 aromatic carbocycles. The van der Waals surface area contributed by atoms with Crippen LogP contribution >= 0.6 is 0 Å². The maximum atomic E-state index is 12.0. The zero-order valence-electron chi connectivity index (χ0n) is 10.9. The Morgan fingerprint density at radius 1 is 1.53 bits per heavy atom. The molecule has 0 aromatic heterocycles. The number of benzene rings is 1. The van der Waals surface area contributed by atoms with Gasteiger partial charge in [-0.05, 0) is 25.0 Å². The summed E-state index contributed by atoms with van der Waals surface area (Å²) in [4.78, 5) is 13.7. The second-order valence-corrected chi connectivity index (χ2v) is 4.74. The Labute approximate surface area is 113 Å². The normalized spacial score (nSPS) is 18.6. The molecule has 0 saturated carbocycles. The van der Waals surface area contributed by atoms with E-state index in [-0.39, 0.29) is 18.6 Å². The third kappa shape index (κ3) is 3.61. The summed E-state index contributed by atoms with van der Waals surface area (Å²) in [6, 6.07) is 7.13. The van der Waals surface area contributed by atoms with Crippen molar-refractivity contribution in [3.05, 3.63) is 24.3 Å². The number of aliphatic hydroxyl groups is 1. The van der Waals surface area contributed by atoms with Crippen LogP contribution in [-0.2, 0) is 4.79 Å². The fraction of sp³-hybridized carbons (Fsp3) is 0.500. The number of carbonyl (C=O) groups is 1. The Morgan fingerprint density at radius 3 is 3.11 bits per heavy atom. The highest BCUT2D eigenvalue weighted by Gasteiger charge is 2.27. The Balaban J connectivity index is 1.78. The molecule has 0 aliphatic carbocycles. The number of carbonyl (C=O) groups excluding carboxylic acids is 1.